The second kappa shape index (κ2) is 21.4. The molecule has 5 aromatic heterocycles. The maximum absolute atomic E-state index is 11.3. The number of aromatic nitrogens is 5. The second-order valence-electron chi connectivity index (χ2n) is 14.6. The zero-order valence-electron chi connectivity index (χ0n) is 36.3. The third-order valence-electron chi connectivity index (χ3n) is 9.92. The summed E-state index contributed by atoms with van der Waals surface area (Å²) >= 11 is 13.9. The Labute approximate surface area is 405 Å². The van der Waals surface area contributed by atoms with E-state index in [0.717, 1.165) is 111 Å². The fourth-order valence-electron chi connectivity index (χ4n) is 7.07. The van der Waals surface area contributed by atoms with Crippen LogP contribution in [0.15, 0.2) is 134 Å². The number of pyridine rings is 5. The number of rotatable bonds is 5. The molecule has 328 valence electrons. The van der Waals surface area contributed by atoms with Gasteiger partial charge >= 0.3 is 5.82 Å². The van der Waals surface area contributed by atoms with Crippen molar-refractivity contribution in [1.82, 2.24) is 15.0 Å². The number of hydrogen-bond donors (Lipinski definition) is 1. The van der Waals surface area contributed by atoms with Gasteiger partial charge in [0.2, 0.25) is 0 Å². The molecule has 0 aliphatic heterocycles. The number of anilines is 1. The van der Waals surface area contributed by atoms with Gasteiger partial charge in [-0.05, 0) is 179 Å². The van der Waals surface area contributed by atoms with E-state index in [1.54, 1.807) is 40.8 Å². The van der Waals surface area contributed by atoms with Gasteiger partial charge in [0, 0.05) is 54.5 Å². The normalized spacial score (nSPS) is 10.6. The summed E-state index contributed by atoms with van der Waals surface area (Å²) in [6.07, 6.45) is 14.1. The Hall–Kier alpha value is -5.61. The van der Waals surface area contributed by atoms with Gasteiger partial charge in [-0.25, -0.2) is 9.55 Å². The van der Waals surface area contributed by atoms with Gasteiger partial charge in [-0.3, -0.25) is 4.98 Å². The summed E-state index contributed by atoms with van der Waals surface area (Å²) in [6.45, 7) is 8.12. The van der Waals surface area contributed by atoms with E-state index in [1.165, 1.54) is 18.0 Å². The quantitative estimate of drug-likeness (QED) is 0.132. The van der Waals surface area contributed by atoms with E-state index in [2.05, 4.69) is 111 Å². The number of benzene rings is 4. The van der Waals surface area contributed by atoms with Gasteiger partial charge in [-0.15, -0.1) is 0 Å². The lowest BCUT2D eigenvalue weighted by molar-refractivity contribution is -0.604. The maximum Gasteiger partial charge on any atom is 0.339 e. The molecule has 11 nitrogen and oxygen atoms in total. The Morgan fingerprint density at radius 2 is 0.938 bits per heavy atom. The van der Waals surface area contributed by atoms with Gasteiger partial charge in [0.15, 0.2) is 18.6 Å². The van der Waals surface area contributed by atoms with Crippen molar-refractivity contribution in [1.29, 1.82) is 0 Å². The monoisotopic (exact) mass is 1110 g/mol. The fourth-order valence-corrected chi connectivity index (χ4v) is 8.87. The van der Waals surface area contributed by atoms with Gasteiger partial charge in [0.05, 0.1) is 60.6 Å². The molecule has 0 saturated heterocycles. The van der Waals surface area contributed by atoms with Crippen molar-refractivity contribution in [3.8, 4) is 28.8 Å². The molecule has 64 heavy (non-hydrogen) atoms. The third-order valence-corrected chi connectivity index (χ3v) is 12.4. The molecule has 0 radical (unpaired) electrons. The predicted molar refractivity (Wildman–Crippen MR) is 270 cm³/mol. The molecule has 0 bridgehead atoms. The Kier molecular flexibility index (Phi) is 16.0. The summed E-state index contributed by atoms with van der Waals surface area (Å²) in [6, 6.07) is 22.2. The van der Waals surface area contributed by atoms with Crippen LogP contribution >= 0.6 is 63.7 Å². The average molecular weight is 1120 g/mol. The number of ether oxygens (including phenoxy) is 4. The first-order valence-electron chi connectivity index (χ1n) is 19.6. The molecule has 9 rings (SSSR count). The fraction of sp³-hybridized carbons (Fsp3) is 0.163. The molecule has 0 atom stereocenters. The largest absolute Gasteiger partial charge is 0.619 e. The Balaban J connectivity index is 0.000000143. The highest BCUT2D eigenvalue weighted by Gasteiger charge is 2.20. The molecule has 0 fully saturated rings. The van der Waals surface area contributed by atoms with Crippen LogP contribution in [-0.4, -0.2) is 43.4 Å². The molecular weight excluding hydrogens is 1070 g/mol. The lowest BCUT2D eigenvalue weighted by Crippen LogP contribution is -2.30. The molecule has 2 N–H and O–H groups in total. The first kappa shape index (κ1) is 47.9. The molecule has 5 heterocycles. The summed E-state index contributed by atoms with van der Waals surface area (Å²) in [5, 5.41) is 19.2. The summed E-state index contributed by atoms with van der Waals surface area (Å²) < 4.78 is 27.8. The van der Waals surface area contributed by atoms with Crippen LogP contribution < -0.4 is 34.0 Å². The number of hydrogen-bond acceptors (Lipinski definition) is 9. The average Bonchev–Trinajstić information content (AvgIpc) is 3.28. The number of nitrogens with zero attached hydrogens (tertiary/aromatic N) is 5. The van der Waals surface area contributed by atoms with Gasteiger partial charge in [-0.1, -0.05) is 6.07 Å². The standard InChI is InChI=1S/C16H14BrN2O.C11H11BrN2O.C11H10BrNO2.C11H10BrNO/c1-11-8-12-13(17)10-18-16(15(12)14(9-11)20-2)19-6-4-3-5-7-19;1-6-3-7-8(12)5-14-11(13)10(7)9(4-6)15-2;1-7-3-8-9(11(4-7)15-2)5-13(14)6-10(8)12;1-7-3-8-9(11(4-7)14-2)5-13-6-10(8)12/h3-10H,1-2H3;3-5H,1-2H3,(H2,13,14);3-6H,1-2H3;3-6H,1-2H3/q+1;;;. The highest BCUT2D eigenvalue weighted by molar-refractivity contribution is 9.11. The number of methoxy groups -OCH3 is 4. The number of halogens is 4. The van der Waals surface area contributed by atoms with Crippen LogP contribution in [0, 0.1) is 32.9 Å². The van der Waals surface area contributed by atoms with E-state index in [0.29, 0.717) is 5.82 Å². The Morgan fingerprint density at radius 1 is 0.484 bits per heavy atom. The minimum Gasteiger partial charge on any atom is -0.619 e. The van der Waals surface area contributed by atoms with E-state index in [9.17, 15) is 5.21 Å². The Bertz CT molecular complexity index is 3140. The molecule has 0 aliphatic carbocycles. The van der Waals surface area contributed by atoms with Crippen molar-refractivity contribution >= 4 is 113 Å². The molecule has 15 heteroatoms. The molecule has 0 spiro atoms. The number of fused-ring (bicyclic) bond motifs is 4. The lowest BCUT2D eigenvalue weighted by Gasteiger charge is -2.09. The highest BCUT2D eigenvalue weighted by atomic mass is 79.9. The molecule has 0 unspecified atom stereocenters. The van der Waals surface area contributed by atoms with Gasteiger partial charge in [0.1, 0.15) is 34.2 Å². The van der Waals surface area contributed by atoms with Crippen molar-refractivity contribution in [3.05, 3.63) is 162 Å². The van der Waals surface area contributed by atoms with Crippen molar-refractivity contribution in [2.75, 3.05) is 34.2 Å². The van der Waals surface area contributed by atoms with E-state index in [4.69, 9.17) is 24.7 Å². The summed E-state index contributed by atoms with van der Waals surface area (Å²) in [5.41, 5.74) is 10.4. The topological polar surface area (TPSA) is 132 Å². The molecule has 0 saturated carbocycles. The van der Waals surface area contributed by atoms with Crippen LogP contribution in [0.25, 0.3) is 48.9 Å². The van der Waals surface area contributed by atoms with Crippen LogP contribution in [0.2, 0.25) is 0 Å². The van der Waals surface area contributed by atoms with Crippen LogP contribution in [0.1, 0.15) is 22.3 Å². The van der Waals surface area contributed by atoms with Crippen LogP contribution in [-0.2, 0) is 0 Å². The Morgan fingerprint density at radius 3 is 1.50 bits per heavy atom. The molecular formula is C49H45Br4N6O5+. The molecule has 0 amide bonds. The van der Waals surface area contributed by atoms with E-state index in [1.807, 2.05) is 91.7 Å². The van der Waals surface area contributed by atoms with Crippen molar-refractivity contribution in [3.63, 3.8) is 0 Å². The number of nitrogens with two attached hydrogens (primary N) is 1. The van der Waals surface area contributed by atoms with Crippen molar-refractivity contribution in [2.24, 2.45) is 0 Å². The zero-order chi connectivity index (χ0) is 46.2. The predicted octanol–water partition coefficient (Wildman–Crippen LogP) is 12.4. The van der Waals surface area contributed by atoms with Crippen LogP contribution in [0.3, 0.4) is 0 Å². The first-order chi connectivity index (χ1) is 30.7. The third kappa shape index (κ3) is 10.8. The van der Waals surface area contributed by atoms with Gasteiger partial charge < -0.3 is 29.9 Å². The van der Waals surface area contributed by atoms with Gasteiger partial charge in [0.25, 0.3) is 0 Å². The maximum atomic E-state index is 11.3. The van der Waals surface area contributed by atoms with E-state index >= 15 is 0 Å². The summed E-state index contributed by atoms with van der Waals surface area (Å²) in [5.74, 6) is 4.53. The summed E-state index contributed by atoms with van der Waals surface area (Å²) in [7, 11) is 6.60. The minimum atomic E-state index is 0.491. The molecule has 4 aromatic carbocycles. The van der Waals surface area contributed by atoms with Crippen LogP contribution in [0.5, 0.6) is 23.0 Å². The summed E-state index contributed by atoms with van der Waals surface area (Å²) in [4.78, 5) is 12.8. The van der Waals surface area contributed by atoms with Crippen LogP contribution in [0.4, 0.5) is 5.82 Å². The molecule has 9 aromatic rings. The number of nitrogen functional groups attached to an aromatic ring is 1. The minimum absolute atomic E-state index is 0.491. The molecule has 0 aliphatic rings. The van der Waals surface area contributed by atoms with Gasteiger partial charge in [-0.2, -0.15) is 4.73 Å². The zero-order valence-corrected chi connectivity index (χ0v) is 42.7. The first-order valence-corrected chi connectivity index (χ1v) is 22.8. The van der Waals surface area contributed by atoms with Crippen molar-refractivity contribution < 1.29 is 28.2 Å². The highest BCUT2D eigenvalue weighted by Crippen LogP contribution is 2.36. The second-order valence-corrected chi connectivity index (χ2v) is 18.0. The van der Waals surface area contributed by atoms with E-state index < -0.39 is 0 Å². The van der Waals surface area contributed by atoms with Crippen molar-refractivity contribution in [2.45, 2.75) is 27.7 Å². The SMILES string of the molecule is COc1cc(C)cc2c(Br)c[n+]([O-])cc12.COc1cc(C)cc2c(Br)cnc(-[n+]3ccccc3)c12.COc1cc(C)cc2c(Br)cnc(N)c12.COc1cc(C)cc2c(Br)cncc12. The van der Waals surface area contributed by atoms with E-state index in [-0.39, 0.29) is 0 Å². The lowest BCUT2D eigenvalue weighted by atomic mass is 10.1. The smallest absolute Gasteiger partial charge is 0.339 e. The number of aryl methyl sites for hydroxylation is 4.